The highest BCUT2D eigenvalue weighted by Crippen LogP contribution is 2.31. The van der Waals surface area contributed by atoms with Gasteiger partial charge in [0.05, 0.1) is 18.5 Å². The van der Waals surface area contributed by atoms with Crippen molar-refractivity contribution < 1.29 is 28.2 Å². The van der Waals surface area contributed by atoms with Gasteiger partial charge in [-0.15, -0.1) is 0 Å². The highest BCUT2D eigenvalue weighted by molar-refractivity contribution is 6.06. The highest BCUT2D eigenvalue weighted by atomic mass is 19.2. The number of ether oxygens (including phenoxy) is 1. The number of fused-ring (bicyclic) bond motifs is 1. The number of nitrogens with one attached hydrogen (secondary N) is 1. The molecule has 2 aromatic carbocycles. The first-order valence-electron chi connectivity index (χ1n) is 9.18. The van der Waals surface area contributed by atoms with E-state index in [9.17, 15) is 23.5 Å². The molecular formula is C21H17F2N3O4. The minimum Gasteiger partial charge on any atom is -0.505 e. The molecule has 0 spiro atoms. The quantitative estimate of drug-likeness (QED) is 0.505. The van der Waals surface area contributed by atoms with Crippen LogP contribution in [-0.2, 0) is 17.6 Å². The Hall–Kier alpha value is -3.75. The van der Waals surface area contributed by atoms with E-state index < -0.39 is 29.3 Å². The molecule has 1 aliphatic rings. The third kappa shape index (κ3) is 3.28. The van der Waals surface area contributed by atoms with Gasteiger partial charge in [0.2, 0.25) is 0 Å². The molecule has 0 atom stereocenters. The van der Waals surface area contributed by atoms with Gasteiger partial charge in [-0.05, 0) is 43.5 Å². The van der Waals surface area contributed by atoms with Gasteiger partial charge >= 0.3 is 5.97 Å². The fourth-order valence-corrected chi connectivity index (χ4v) is 3.55. The zero-order valence-electron chi connectivity index (χ0n) is 15.9. The van der Waals surface area contributed by atoms with Crippen molar-refractivity contribution in [2.45, 2.75) is 19.3 Å². The van der Waals surface area contributed by atoms with Crippen LogP contribution in [-0.4, -0.2) is 33.9 Å². The highest BCUT2D eigenvalue weighted by Gasteiger charge is 2.28. The molecule has 1 heterocycles. The lowest BCUT2D eigenvalue weighted by Crippen LogP contribution is -2.15. The van der Waals surface area contributed by atoms with E-state index in [-0.39, 0.29) is 16.9 Å². The Balaban J connectivity index is 1.69. The lowest BCUT2D eigenvalue weighted by atomic mass is 10.1. The summed E-state index contributed by atoms with van der Waals surface area (Å²) in [7, 11) is 1.18. The number of nitrogens with zero attached hydrogens (tertiary/aromatic N) is 2. The molecule has 0 bridgehead atoms. The van der Waals surface area contributed by atoms with Crippen molar-refractivity contribution in [1.82, 2.24) is 9.78 Å². The fourth-order valence-electron chi connectivity index (χ4n) is 3.55. The molecule has 0 radical (unpaired) electrons. The monoisotopic (exact) mass is 413 g/mol. The number of phenols is 1. The number of hydrogen-bond acceptors (Lipinski definition) is 5. The van der Waals surface area contributed by atoms with Crippen molar-refractivity contribution in [3.05, 3.63) is 70.5 Å². The summed E-state index contributed by atoms with van der Waals surface area (Å²) in [4.78, 5) is 24.6. The molecule has 0 fully saturated rings. The molecule has 0 unspecified atom stereocenters. The lowest BCUT2D eigenvalue weighted by molar-refractivity contribution is 0.0597. The molecule has 4 rings (SSSR count). The number of aromatic hydroxyl groups is 1. The van der Waals surface area contributed by atoms with Gasteiger partial charge in [-0.3, -0.25) is 4.79 Å². The number of phenolic OH excluding ortho intramolecular Hbond substituents is 1. The molecule has 3 aromatic rings. The number of para-hydroxylation sites is 1. The summed E-state index contributed by atoms with van der Waals surface area (Å²) in [5.74, 6) is -3.74. The summed E-state index contributed by atoms with van der Waals surface area (Å²) in [5.41, 5.74) is 1.82. The molecule has 9 heteroatoms. The normalized spacial score (nSPS) is 12.5. The molecule has 1 amide bonds. The van der Waals surface area contributed by atoms with Crippen LogP contribution in [0.1, 0.15) is 38.5 Å². The Bertz CT molecular complexity index is 1170. The average Bonchev–Trinajstić information content (AvgIpc) is 3.34. The lowest BCUT2D eigenvalue weighted by Gasteiger charge is -2.09. The van der Waals surface area contributed by atoms with Gasteiger partial charge in [0.25, 0.3) is 5.91 Å². The Labute approximate surface area is 169 Å². The molecular weight excluding hydrogens is 396 g/mol. The van der Waals surface area contributed by atoms with Crippen LogP contribution in [0, 0.1) is 11.6 Å². The second-order valence-corrected chi connectivity index (χ2v) is 6.79. The van der Waals surface area contributed by atoms with Gasteiger partial charge in [0.1, 0.15) is 5.56 Å². The van der Waals surface area contributed by atoms with E-state index >= 15 is 0 Å². The smallest absolute Gasteiger partial charge is 0.341 e. The van der Waals surface area contributed by atoms with Crippen LogP contribution >= 0.6 is 0 Å². The predicted molar refractivity (Wildman–Crippen MR) is 103 cm³/mol. The predicted octanol–water partition coefficient (Wildman–Crippen LogP) is 3.38. The molecule has 0 aliphatic heterocycles. The molecule has 2 N–H and O–H groups in total. The third-order valence-corrected chi connectivity index (χ3v) is 4.98. The minimum atomic E-state index is -1.01. The molecule has 7 nitrogen and oxygen atoms in total. The Morgan fingerprint density at radius 3 is 2.70 bits per heavy atom. The summed E-state index contributed by atoms with van der Waals surface area (Å²) >= 11 is 0. The van der Waals surface area contributed by atoms with Gasteiger partial charge in [-0.2, -0.15) is 5.10 Å². The molecule has 1 aliphatic carbocycles. The first-order chi connectivity index (χ1) is 14.4. The molecule has 154 valence electrons. The number of esters is 1. The zero-order valence-corrected chi connectivity index (χ0v) is 15.9. The Kier molecular flexibility index (Phi) is 4.94. The number of amides is 1. The number of methoxy groups -OCH3 is 1. The topological polar surface area (TPSA) is 93.5 Å². The van der Waals surface area contributed by atoms with Crippen LogP contribution in [0.2, 0.25) is 0 Å². The summed E-state index contributed by atoms with van der Waals surface area (Å²) in [6.07, 6.45) is 2.04. The van der Waals surface area contributed by atoms with E-state index in [2.05, 4.69) is 15.2 Å². The second kappa shape index (κ2) is 7.58. The van der Waals surface area contributed by atoms with Crippen molar-refractivity contribution >= 4 is 17.6 Å². The van der Waals surface area contributed by atoms with E-state index in [1.54, 1.807) is 0 Å². The van der Waals surface area contributed by atoms with Crippen LogP contribution in [0.15, 0.2) is 36.4 Å². The van der Waals surface area contributed by atoms with Gasteiger partial charge in [-0.25, -0.2) is 18.3 Å². The number of anilines is 1. The first-order valence-corrected chi connectivity index (χ1v) is 9.18. The zero-order chi connectivity index (χ0) is 21.4. The summed E-state index contributed by atoms with van der Waals surface area (Å²) in [6, 6.07) is 7.71. The summed E-state index contributed by atoms with van der Waals surface area (Å²) in [6.45, 7) is 0. The van der Waals surface area contributed by atoms with Crippen LogP contribution in [0.25, 0.3) is 5.69 Å². The third-order valence-electron chi connectivity index (χ3n) is 4.98. The Morgan fingerprint density at radius 2 is 1.97 bits per heavy atom. The van der Waals surface area contributed by atoms with Crippen LogP contribution < -0.4 is 5.32 Å². The van der Waals surface area contributed by atoms with Crippen molar-refractivity contribution in [2.75, 3.05) is 12.4 Å². The molecule has 1 aromatic heterocycles. The first kappa shape index (κ1) is 19.6. The SMILES string of the molecule is COC(=O)c1cccc(NC(=O)c2nn(-c3ccc(F)c(F)c3)c3c2CCC3)c1O. The van der Waals surface area contributed by atoms with Crippen molar-refractivity contribution in [3.63, 3.8) is 0 Å². The maximum atomic E-state index is 13.7. The standard InChI is InChI=1S/C21H17F2N3O4/c1-30-21(29)13-5-2-6-16(19(13)27)24-20(28)18-12-4-3-7-17(12)26(25-18)11-8-9-14(22)15(23)10-11/h2,5-6,8-10,27H,3-4,7H2,1H3,(H,24,28). The van der Waals surface area contributed by atoms with E-state index in [1.165, 1.54) is 36.1 Å². The van der Waals surface area contributed by atoms with Crippen molar-refractivity contribution in [2.24, 2.45) is 0 Å². The number of aromatic nitrogens is 2. The van der Waals surface area contributed by atoms with Crippen molar-refractivity contribution in [1.29, 1.82) is 0 Å². The van der Waals surface area contributed by atoms with Gasteiger partial charge in [0, 0.05) is 17.3 Å². The van der Waals surface area contributed by atoms with Crippen LogP contribution in [0.5, 0.6) is 5.75 Å². The Morgan fingerprint density at radius 1 is 1.17 bits per heavy atom. The number of carbonyl (C=O) groups is 2. The minimum absolute atomic E-state index is 0.0250. The maximum absolute atomic E-state index is 13.7. The van der Waals surface area contributed by atoms with E-state index in [4.69, 9.17) is 0 Å². The van der Waals surface area contributed by atoms with E-state index in [1.807, 2.05) is 0 Å². The number of halogens is 2. The molecule has 0 saturated heterocycles. The summed E-state index contributed by atoms with van der Waals surface area (Å²) < 4.78 is 33.0. The van der Waals surface area contributed by atoms with Crippen molar-refractivity contribution in [3.8, 4) is 11.4 Å². The largest absolute Gasteiger partial charge is 0.505 e. The average molecular weight is 413 g/mol. The number of benzene rings is 2. The van der Waals surface area contributed by atoms with Gasteiger partial charge in [-0.1, -0.05) is 6.07 Å². The van der Waals surface area contributed by atoms with E-state index in [0.29, 0.717) is 24.1 Å². The number of hydrogen-bond donors (Lipinski definition) is 2. The number of rotatable bonds is 4. The van der Waals surface area contributed by atoms with Crippen LogP contribution in [0.3, 0.4) is 0 Å². The van der Waals surface area contributed by atoms with Gasteiger partial charge < -0.3 is 15.2 Å². The molecule has 0 saturated carbocycles. The second-order valence-electron chi connectivity index (χ2n) is 6.79. The summed E-state index contributed by atoms with van der Waals surface area (Å²) in [5, 5.41) is 17.2. The fraction of sp³-hybridized carbons (Fsp3) is 0.190. The number of carbonyl (C=O) groups excluding carboxylic acids is 2. The van der Waals surface area contributed by atoms with Crippen LogP contribution in [0.4, 0.5) is 14.5 Å². The maximum Gasteiger partial charge on any atom is 0.341 e. The van der Waals surface area contributed by atoms with Gasteiger partial charge in [0.15, 0.2) is 23.1 Å². The van der Waals surface area contributed by atoms with E-state index in [0.717, 1.165) is 24.2 Å². The molecule has 30 heavy (non-hydrogen) atoms.